The molecule has 4 rings (SSSR count). The van der Waals surface area contributed by atoms with Gasteiger partial charge in [0.05, 0.1) is 6.61 Å². The molecule has 0 fully saturated rings. The van der Waals surface area contributed by atoms with Crippen molar-refractivity contribution < 1.29 is 24.5 Å². The molecule has 0 bridgehead atoms. The quantitative estimate of drug-likeness (QED) is 0.0942. The van der Waals surface area contributed by atoms with Gasteiger partial charge in [0.25, 0.3) is 0 Å². The van der Waals surface area contributed by atoms with Crippen molar-refractivity contribution in [1.82, 2.24) is 0 Å². The molecule has 0 aliphatic heterocycles. The number of carboxylic acid groups (broad SMARTS) is 1. The Morgan fingerprint density at radius 1 is 0.610 bits per heavy atom. The van der Waals surface area contributed by atoms with E-state index in [-0.39, 0.29) is 12.4 Å². The number of aliphatic hydroxyl groups excluding tert-OH is 1. The molecule has 0 spiro atoms. The van der Waals surface area contributed by atoms with Crippen LogP contribution in [0.4, 0.5) is 0 Å². The average molecular weight is 551 g/mol. The lowest BCUT2D eigenvalue weighted by atomic mass is 10.0. The normalized spacial score (nSPS) is 10.6. The minimum absolute atomic E-state index is 0.0896. The number of carboxylic acids is 1. The number of aliphatic hydroxyl groups is 1. The lowest BCUT2D eigenvalue weighted by Gasteiger charge is -2.07. The third-order valence-corrected chi connectivity index (χ3v) is 6.41. The highest BCUT2D eigenvalue weighted by Crippen LogP contribution is 2.18. The first kappa shape index (κ1) is 31.1. The van der Waals surface area contributed by atoms with Crippen molar-refractivity contribution in [3.63, 3.8) is 0 Å². The second kappa shape index (κ2) is 18.0. The maximum Gasteiger partial charge on any atom is 0.328 e. The van der Waals surface area contributed by atoms with Crippen molar-refractivity contribution in [2.24, 2.45) is 0 Å². The summed E-state index contributed by atoms with van der Waals surface area (Å²) >= 11 is 0. The first-order valence-electron chi connectivity index (χ1n) is 14.1. The predicted octanol–water partition coefficient (Wildman–Crippen LogP) is 8.08. The summed E-state index contributed by atoms with van der Waals surface area (Å²) in [4.78, 5) is 23.1. The van der Waals surface area contributed by atoms with Gasteiger partial charge < -0.3 is 14.9 Å². The molecule has 0 aromatic heterocycles. The summed E-state index contributed by atoms with van der Waals surface area (Å²) in [5.74, 6) is -0.352. The maximum absolute atomic E-state index is 12.6. The van der Waals surface area contributed by atoms with Crippen LogP contribution in [0.25, 0.3) is 17.2 Å². The number of ketones is 1. The Hall–Kier alpha value is -4.48. The zero-order valence-electron chi connectivity index (χ0n) is 23.3. The molecule has 0 saturated heterocycles. The molecule has 5 heteroatoms. The fourth-order valence-electron chi connectivity index (χ4n) is 4.15. The first-order chi connectivity index (χ1) is 20.1. The van der Waals surface area contributed by atoms with Crippen LogP contribution in [0.2, 0.25) is 0 Å². The molecule has 0 saturated carbocycles. The molecule has 0 atom stereocenters. The van der Waals surface area contributed by atoms with Gasteiger partial charge in [-0.15, -0.1) is 0 Å². The number of hydrogen-bond donors (Lipinski definition) is 2. The molecule has 0 radical (unpaired) electrons. The summed E-state index contributed by atoms with van der Waals surface area (Å²) < 4.78 is 5.73. The van der Waals surface area contributed by atoms with E-state index in [1.807, 2.05) is 12.1 Å². The molecule has 2 N–H and O–H groups in total. The molecule has 0 aliphatic carbocycles. The van der Waals surface area contributed by atoms with Crippen LogP contribution < -0.4 is 4.74 Å². The average Bonchev–Trinajstić information content (AvgIpc) is 3.03. The number of unbranched alkanes of at least 4 members (excludes halogenated alkanes) is 5. The van der Waals surface area contributed by atoms with Crippen molar-refractivity contribution in [3.8, 4) is 16.9 Å². The van der Waals surface area contributed by atoms with Crippen molar-refractivity contribution in [1.29, 1.82) is 0 Å². The van der Waals surface area contributed by atoms with Crippen molar-refractivity contribution >= 4 is 17.8 Å². The minimum atomic E-state index is -1.01. The van der Waals surface area contributed by atoms with Gasteiger partial charge in [0.15, 0.2) is 5.78 Å². The van der Waals surface area contributed by atoms with E-state index < -0.39 is 5.97 Å². The van der Waals surface area contributed by atoms with Crippen LogP contribution in [0, 0.1) is 0 Å². The molecular formula is C36H38O5. The number of rotatable bonds is 14. The van der Waals surface area contributed by atoms with Crippen LogP contribution in [0.15, 0.2) is 115 Å². The van der Waals surface area contributed by atoms with E-state index in [9.17, 15) is 9.59 Å². The maximum atomic E-state index is 12.6. The highest BCUT2D eigenvalue weighted by atomic mass is 16.5. The molecule has 5 nitrogen and oxygen atoms in total. The summed E-state index contributed by atoms with van der Waals surface area (Å²) in [7, 11) is 0. The summed E-state index contributed by atoms with van der Waals surface area (Å²) in [6, 6.07) is 34.7. The summed E-state index contributed by atoms with van der Waals surface area (Å²) in [6.45, 7) is 0.926. The van der Waals surface area contributed by atoms with E-state index in [2.05, 4.69) is 48.5 Å². The van der Waals surface area contributed by atoms with E-state index in [0.29, 0.717) is 17.7 Å². The second-order valence-corrected chi connectivity index (χ2v) is 9.57. The van der Waals surface area contributed by atoms with Gasteiger partial charge in [0.1, 0.15) is 5.75 Å². The van der Waals surface area contributed by atoms with E-state index in [1.54, 1.807) is 48.5 Å². The fraction of sp³-hybridized carbons (Fsp3) is 0.222. The molecule has 212 valence electrons. The number of carbonyl (C=O) groups is 2. The van der Waals surface area contributed by atoms with E-state index in [4.69, 9.17) is 14.9 Å². The molecule has 41 heavy (non-hydrogen) atoms. The first-order valence-corrected chi connectivity index (χ1v) is 14.1. The predicted molar refractivity (Wildman–Crippen MR) is 165 cm³/mol. The van der Waals surface area contributed by atoms with Crippen LogP contribution >= 0.6 is 0 Å². The van der Waals surface area contributed by atoms with Crippen molar-refractivity contribution in [3.05, 3.63) is 132 Å². The van der Waals surface area contributed by atoms with E-state index in [0.717, 1.165) is 55.9 Å². The lowest BCUT2D eigenvalue weighted by Crippen LogP contribution is -2.02. The molecule has 0 heterocycles. The van der Waals surface area contributed by atoms with Gasteiger partial charge in [0, 0.05) is 23.8 Å². The molecule has 4 aromatic rings. The Labute approximate surface area is 242 Å². The summed E-state index contributed by atoms with van der Waals surface area (Å²) in [5, 5.41) is 17.4. The summed E-state index contributed by atoms with van der Waals surface area (Å²) in [5.41, 5.74) is 4.40. The Morgan fingerprint density at radius 3 is 1.61 bits per heavy atom. The second-order valence-electron chi connectivity index (χ2n) is 9.57. The van der Waals surface area contributed by atoms with Gasteiger partial charge in [-0.2, -0.15) is 0 Å². The molecule has 0 amide bonds. The standard InChI is InChI=1S/C24H28O5.C12H10/c25-17-5-3-1-2-4-6-18-29-22-14-12-21(13-15-22)24(28)20-10-7-19(8-11-20)9-16-23(26)27;1-3-7-11(8-4-1)12-9-5-2-6-10-12/h7-16,25H,1-6,17-18H2,(H,26,27);1-10H/b16-9+;. The van der Waals surface area contributed by atoms with Crippen molar-refractivity contribution in [2.45, 2.75) is 38.5 Å². The highest BCUT2D eigenvalue weighted by Gasteiger charge is 2.09. The van der Waals surface area contributed by atoms with E-state index in [1.165, 1.54) is 17.2 Å². The van der Waals surface area contributed by atoms with Gasteiger partial charge in [-0.25, -0.2) is 4.79 Å². The van der Waals surface area contributed by atoms with Gasteiger partial charge >= 0.3 is 5.97 Å². The van der Waals surface area contributed by atoms with Crippen LogP contribution in [-0.2, 0) is 4.79 Å². The van der Waals surface area contributed by atoms with Gasteiger partial charge in [-0.1, -0.05) is 111 Å². The van der Waals surface area contributed by atoms with Crippen LogP contribution in [0.1, 0.15) is 60.0 Å². The Morgan fingerprint density at radius 2 is 1.10 bits per heavy atom. The SMILES string of the molecule is O=C(O)/C=C/c1ccc(C(=O)c2ccc(OCCCCCCCCO)cc2)cc1.c1ccc(-c2ccccc2)cc1. The smallest absolute Gasteiger partial charge is 0.328 e. The number of ether oxygens (including phenoxy) is 1. The largest absolute Gasteiger partial charge is 0.494 e. The van der Waals surface area contributed by atoms with Crippen LogP contribution in [0.3, 0.4) is 0 Å². The van der Waals surface area contributed by atoms with Gasteiger partial charge in [-0.3, -0.25) is 4.79 Å². The number of hydrogen-bond acceptors (Lipinski definition) is 4. The number of benzene rings is 4. The minimum Gasteiger partial charge on any atom is -0.494 e. The van der Waals surface area contributed by atoms with Crippen LogP contribution in [-0.4, -0.2) is 35.2 Å². The van der Waals surface area contributed by atoms with Crippen LogP contribution in [0.5, 0.6) is 5.75 Å². The zero-order chi connectivity index (χ0) is 29.1. The zero-order valence-corrected chi connectivity index (χ0v) is 23.3. The molecule has 4 aromatic carbocycles. The summed E-state index contributed by atoms with van der Waals surface area (Å²) in [6.07, 6.45) is 8.91. The molecule has 0 unspecified atom stereocenters. The van der Waals surface area contributed by atoms with E-state index >= 15 is 0 Å². The topological polar surface area (TPSA) is 83.8 Å². The third-order valence-electron chi connectivity index (χ3n) is 6.41. The van der Waals surface area contributed by atoms with Gasteiger partial charge in [-0.05, 0) is 59.9 Å². The third kappa shape index (κ3) is 11.7. The number of carbonyl (C=O) groups excluding carboxylic acids is 1. The molecular weight excluding hydrogens is 512 g/mol. The van der Waals surface area contributed by atoms with Gasteiger partial charge in [0.2, 0.25) is 0 Å². The fourth-order valence-corrected chi connectivity index (χ4v) is 4.15. The monoisotopic (exact) mass is 550 g/mol. The molecule has 0 aliphatic rings. The number of aliphatic carboxylic acids is 1. The Bertz CT molecular complexity index is 1290. The lowest BCUT2D eigenvalue weighted by molar-refractivity contribution is -0.131. The highest BCUT2D eigenvalue weighted by molar-refractivity contribution is 6.09. The van der Waals surface area contributed by atoms with Crippen molar-refractivity contribution in [2.75, 3.05) is 13.2 Å². The Kier molecular flexibility index (Phi) is 13.6. The Balaban J connectivity index is 0.000000317.